The van der Waals surface area contributed by atoms with Crippen molar-refractivity contribution in [2.75, 3.05) is 11.9 Å². The number of rotatable bonds is 3. The lowest BCUT2D eigenvalue weighted by molar-refractivity contribution is 0.168. The highest BCUT2D eigenvalue weighted by Gasteiger charge is 2.05. The van der Waals surface area contributed by atoms with Gasteiger partial charge in [-0.25, -0.2) is 4.79 Å². The summed E-state index contributed by atoms with van der Waals surface area (Å²) in [4.78, 5) is 25.6. The van der Waals surface area contributed by atoms with E-state index in [1.807, 2.05) is 13.0 Å². The topological polar surface area (TPSA) is 71.2 Å². The predicted molar refractivity (Wildman–Crippen MR) is 74.6 cm³/mol. The minimum atomic E-state index is -0.504. The number of carbonyl (C=O) groups is 1. The van der Waals surface area contributed by atoms with E-state index >= 15 is 0 Å². The molecule has 0 saturated heterocycles. The van der Waals surface area contributed by atoms with Gasteiger partial charge in [0.2, 0.25) is 5.56 Å². The molecule has 5 heteroatoms. The van der Waals surface area contributed by atoms with Gasteiger partial charge >= 0.3 is 6.09 Å². The number of amides is 1. The van der Waals surface area contributed by atoms with Crippen LogP contribution >= 0.6 is 0 Å². The molecule has 2 rings (SSSR count). The molecule has 0 atom stereocenters. The van der Waals surface area contributed by atoms with Crippen LogP contribution in [0.15, 0.2) is 29.1 Å². The number of aromatic amines is 1. The second-order valence-electron chi connectivity index (χ2n) is 4.12. The molecule has 0 unspecified atom stereocenters. The third kappa shape index (κ3) is 2.93. The van der Waals surface area contributed by atoms with Gasteiger partial charge in [-0.3, -0.25) is 10.1 Å². The zero-order valence-electron chi connectivity index (χ0n) is 10.9. The summed E-state index contributed by atoms with van der Waals surface area (Å²) in [5.41, 5.74) is 2.15. The van der Waals surface area contributed by atoms with Gasteiger partial charge in [-0.15, -0.1) is 0 Å². The molecular weight excluding hydrogens is 244 g/mol. The van der Waals surface area contributed by atoms with Crippen LogP contribution in [0.25, 0.3) is 10.9 Å². The predicted octanol–water partition coefficient (Wildman–Crippen LogP) is 2.66. The summed E-state index contributed by atoms with van der Waals surface area (Å²) >= 11 is 0. The van der Waals surface area contributed by atoms with Crippen molar-refractivity contribution in [2.45, 2.75) is 20.3 Å². The SMILES string of the molecule is CCOC(=O)Nc1ccc2c(CC)cc(=O)[nH]c2c1. The third-order valence-corrected chi connectivity index (χ3v) is 2.83. The monoisotopic (exact) mass is 260 g/mol. The molecule has 0 aliphatic rings. The molecule has 1 heterocycles. The van der Waals surface area contributed by atoms with Gasteiger partial charge < -0.3 is 9.72 Å². The van der Waals surface area contributed by atoms with Crippen molar-refractivity contribution >= 4 is 22.7 Å². The molecule has 0 fully saturated rings. The molecule has 1 aromatic carbocycles. The number of hydrogen-bond donors (Lipinski definition) is 2. The highest BCUT2D eigenvalue weighted by atomic mass is 16.5. The summed E-state index contributed by atoms with van der Waals surface area (Å²) in [6, 6.07) is 7.00. The minimum Gasteiger partial charge on any atom is -0.450 e. The van der Waals surface area contributed by atoms with Crippen LogP contribution < -0.4 is 10.9 Å². The second-order valence-corrected chi connectivity index (χ2v) is 4.12. The number of anilines is 1. The third-order valence-electron chi connectivity index (χ3n) is 2.83. The van der Waals surface area contributed by atoms with Crippen molar-refractivity contribution in [3.8, 4) is 0 Å². The molecule has 2 aromatic rings. The summed E-state index contributed by atoms with van der Waals surface area (Å²) in [6.45, 7) is 4.06. The first kappa shape index (κ1) is 13.1. The van der Waals surface area contributed by atoms with Gasteiger partial charge in [-0.1, -0.05) is 13.0 Å². The van der Waals surface area contributed by atoms with Crippen LogP contribution in [0.2, 0.25) is 0 Å². The first-order valence-corrected chi connectivity index (χ1v) is 6.23. The van der Waals surface area contributed by atoms with Gasteiger partial charge in [0, 0.05) is 17.1 Å². The zero-order valence-corrected chi connectivity index (χ0v) is 10.9. The number of hydrogen-bond acceptors (Lipinski definition) is 3. The summed E-state index contributed by atoms with van der Waals surface area (Å²) < 4.78 is 4.80. The lowest BCUT2D eigenvalue weighted by Crippen LogP contribution is -2.13. The van der Waals surface area contributed by atoms with Crippen LogP contribution in [0.4, 0.5) is 10.5 Å². The first-order valence-electron chi connectivity index (χ1n) is 6.23. The van der Waals surface area contributed by atoms with E-state index in [2.05, 4.69) is 10.3 Å². The molecule has 19 heavy (non-hydrogen) atoms. The highest BCUT2D eigenvalue weighted by Crippen LogP contribution is 2.20. The quantitative estimate of drug-likeness (QED) is 0.891. The average molecular weight is 260 g/mol. The molecule has 0 aliphatic carbocycles. The van der Waals surface area contributed by atoms with Crippen molar-refractivity contribution < 1.29 is 9.53 Å². The van der Waals surface area contributed by atoms with Crippen molar-refractivity contribution in [3.63, 3.8) is 0 Å². The fourth-order valence-electron chi connectivity index (χ4n) is 1.99. The largest absolute Gasteiger partial charge is 0.450 e. The van der Waals surface area contributed by atoms with E-state index in [4.69, 9.17) is 4.74 Å². The summed E-state index contributed by atoms with van der Waals surface area (Å²) in [6.07, 6.45) is 0.279. The number of aromatic nitrogens is 1. The van der Waals surface area contributed by atoms with Crippen LogP contribution in [0, 0.1) is 0 Å². The van der Waals surface area contributed by atoms with Gasteiger partial charge in [-0.2, -0.15) is 0 Å². The van der Waals surface area contributed by atoms with Gasteiger partial charge in [0.15, 0.2) is 0 Å². The number of carbonyl (C=O) groups excluding carboxylic acids is 1. The summed E-state index contributed by atoms with van der Waals surface area (Å²) in [5.74, 6) is 0. The van der Waals surface area contributed by atoms with Crippen molar-refractivity contribution in [1.29, 1.82) is 0 Å². The molecule has 1 aromatic heterocycles. The number of aryl methyl sites for hydroxylation is 1. The minimum absolute atomic E-state index is 0.141. The molecular formula is C14H16N2O3. The maximum atomic E-state index is 11.5. The van der Waals surface area contributed by atoms with Crippen molar-refractivity contribution in [3.05, 3.63) is 40.2 Å². The Morgan fingerprint density at radius 1 is 1.32 bits per heavy atom. The molecule has 5 nitrogen and oxygen atoms in total. The number of benzene rings is 1. The maximum Gasteiger partial charge on any atom is 0.411 e. The second kappa shape index (κ2) is 5.56. The number of ether oxygens (including phenoxy) is 1. The number of H-pyrrole nitrogens is 1. The van der Waals surface area contributed by atoms with Crippen LogP contribution in [0.3, 0.4) is 0 Å². The molecule has 0 bridgehead atoms. The molecule has 2 N–H and O–H groups in total. The van der Waals surface area contributed by atoms with E-state index in [1.54, 1.807) is 25.1 Å². The standard InChI is InChI=1S/C14H16N2O3/c1-3-9-7-13(17)16-12-8-10(5-6-11(9)12)15-14(18)19-4-2/h5-8H,3-4H2,1-2H3,(H,15,18)(H,16,17). The van der Waals surface area contributed by atoms with Gasteiger partial charge in [0.05, 0.1) is 12.1 Å². The van der Waals surface area contributed by atoms with E-state index in [9.17, 15) is 9.59 Å². The Kier molecular flexibility index (Phi) is 3.85. The zero-order chi connectivity index (χ0) is 13.8. The Labute approximate surface area is 110 Å². The highest BCUT2D eigenvalue weighted by molar-refractivity contribution is 5.90. The summed E-state index contributed by atoms with van der Waals surface area (Å²) in [5, 5.41) is 3.59. The fourth-order valence-corrected chi connectivity index (χ4v) is 1.99. The molecule has 1 amide bonds. The van der Waals surface area contributed by atoms with Gasteiger partial charge in [-0.05, 0) is 31.0 Å². The molecule has 100 valence electrons. The van der Waals surface area contributed by atoms with Crippen LogP contribution in [0.1, 0.15) is 19.4 Å². The number of pyridine rings is 1. The Morgan fingerprint density at radius 2 is 2.11 bits per heavy atom. The van der Waals surface area contributed by atoms with E-state index in [1.165, 1.54) is 0 Å². The van der Waals surface area contributed by atoms with Crippen LogP contribution in [0.5, 0.6) is 0 Å². The molecule has 0 saturated carbocycles. The fraction of sp³-hybridized carbons (Fsp3) is 0.286. The summed E-state index contributed by atoms with van der Waals surface area (Å²) in [7, 11) is 0. The average Bonchev–Trinajstić information content (AvgIpc) is 2.37. The maximum absolute atomic E-state index is 11.5. The normalized spacial score (nSPS) is 10.4. The Bertz CT molecular complexity index is 661. The lowest BCUT2D eigenvalue weighted by atomic mass is 10.1. The van der Waals surface area contributed by atoms with Gasteiger partial charge in [0.1, 0.15) is 0 Å². The Balaban J connectivity index is 2.40. The lowest BCUT2D eigenvalue weighted by Gasteiger charge is -2.08. The molecule has 0 aliphatic heterocycles. The molecule has 0 radical (unpaired) electrons. The Morgan fingerprint density at radius 3 is 2.79 bits per heavy atom. The number of nitrogens with one attached hydrogen (secondary N) is 2. The van der Waals surface area contributed by atoms with E-state index in [0.717, 1.165) is 17.4 Å². The first-order chi connectivity index (χ1) is 9.13. The van der Waals surface area contributed by atoms with Crippen LogP contribution in [-0.2, 0) is 11.2 Å². The van der Waals surface area contributed by atoms with Crippen LogP contribution in [-0.4, -0.2) is 17.7 Å². The van der Waals surface area contributed by atoms with Gasteiger partial charge in [0.25, 0.3) is 0 Å². The smallest absolute Gasteiger partial charge is 0.411 e. The Hall–Kier alpha value is -2.30. The van der Waals surface area contributed by atoms with E-state index < -0.39 is 6.09 Å². The molecule has 0 spiro atoms. The van der Waals surface area contributed by atoms with Crippen molar-refractivity contribution in [1.82, 2.24) is 4.98 Å². The number of fused-ring (bicyclic) bond motifs is 1. The van der Waals surface area contributed by atoms with Crippen molar-refractivity contribution in [2.24, 2.45) is 0 Å². The van der Waals surface area contributed by atoms with E-state index in [0.29, 0.717) is 17.8 Å². The van der Waals surface area contributed by atoms with E-state index in [-0.39, 0.29) is 5.56 Å².